The first-order chi connectivity index (χ1) is 6.90. The quantitative estimate of drug-likeness (QED) is 0.905. The fraction of sp³-hybridized carbons (Fsp3) is 0.300. The van der Waals surface area contributed by atoms with E-state index in [-0.39, 0.29) is 0 Å². The lowest BCUT2D eigenvalue weighted by atomic mass is 10.2. The Morgan fingerprint density at radius 3 is 2.60 bits per heavy atom. The highest BCUT2D eigenvalue weighted by atomic mass is 79.9. The summed E-state index contributed by atoms with van der Waals surface area (Å²) in [6, 6.07) is 6.66. The van der Waals surface area contributed by atoms with Crippen molar-refractivity contribution in [1.82, 2.24) is 5.32 Å². The molecule has 1 aromatic rings. The lowest BCUT2D eigenvalue weighted by Gasteiger charge is -2.11. The van der Waals surface area contributed by atoms with E-state index in [1.807, 2.05) is 0 Å². The van der Waals surface area contributed by atoms with E-state index in [1.54, 1.807) is 24.3 Å². The van der Waals surface area contributed by atoms with Crippen molar-refractivity contribution in [2.75, 3.05) is 6.54 Å². The predicted octanol–water partition coefficient (Wildman–Crippen LogP) is 2.83. The molecule has 0 aliphatic rings. The minimum atomic E-state index is -2.89. The van der Waals surface area contributed by atoms with Gasteiger partial charge in [0.2, 0.25) is 0 Å². The molecule has 0 unspecified atom stereocenters. The van der Waals surface area contributed by atoms with Gasteiger partial charge < -0.3 is 5.32 Å². The monoisotopic (exact) mass is 277 g/mol. The third-order valence-electron chi connectivity index (χ3n) is 1.68. The number of rotatable bonds is 3. The van der Waals surface area contributed by atoms with Crippen LogP contribution in [0.4, 0.5) is 8.78 Å². The normalized spacial score (nSPS) is 11.2. The number of hydrogen-bond acceptors (Lipinski definition) is 1. The molecular formula is C10H10BrF2NO. The lowest BCUT2D eigenvalue weighted by molar-refractivity contribution is 0.0221. The summed E-state index contributed by atoms with van der Waals surface area (Å²) in [6.45, 7) is 0.0977. The van der Waals surface area contributed by atoms with Crippen LogP contribution >= 0.6 is 15.9 Å². The maximum atomic E-state index is 12.5. The van der Waals surface area contributed by atoms with Gasteiger partial charge in [-0.1, -0.05) is 12.1 Å². The molecule has 0 aliphatic heterocycles. The van der Waals surface area contributed by atoms with Crippen LogP contribution in [0.1, 0.15) is 17.3 Å². The van der Waals surface area contributed by atoms with Crippen LogP contribution in [0.25, 0.3) is 0 Å². The van der Waals surface area contributed by atoms with E-state index >= 15 is 0 Å². The van der Waals surface area contributed by atoms with Gasteiger partial charge in [-0.05, 0) is 28.1 Å². The molecule has 1 amide bonds. The molecule has 0 radical (unpaired) electrons. The Morgan fingerprint density at radius 1 is 1.47 bits per heavy atom. The van der Waals surface area contributed by atoms with E-state index < -0.39 is 18.4 Å². The Morgan fingerprint density at radius 2 is 2.07 bits per heavy atom. The zero-order valence-electron chi connectivity index (χ0n) is 8.06. The fourth-order valence-corrected chi connectivity index (χ4v) is 1.44. The number of alkyl halides is 2. The summed E-state index contributed by atoms with van der Waals surface area (Å²) in [5.41, 5.74) is 0.349. The SMILES string of the molecule is CC(F)(F)CNC(=O)c1ccccc1Br. The van der Waals surface area contributed by atoms with Gasteiger partial charge in [0.25, 0.3) is 11.8 Å². The Bertz CT molecular complexity index is 363. The van der Waals surface area contributed by atoms with E-state index in [2.05, 4.69) is 21.2 Å². The van der Waals surface area contributed by atoms with Gasteiger partial charge in [-0.25, -0.2) is 8.78 Å². The molecule has 0 saturated carbocycles. The summed E-state index contributed by atoms with van der Waals surface area (Å²) in [4.78, 5) is 11.4. The molecule has 5 heteroatoms. The molecule has 0 aromatic heterocycles. The molecule has 0 spiro atoms. The minimum absolute atomic E-state index is 0.349. The molecule has 0 atom stereocenters. The van der Waals surface area contributed by atoms with Crippen molar-refractivity contribution in [1.29, 1.82) is 0 Å². The maximum Gasteiger partial charge on any atom is 0.262 e. The van der Waals surface area contributed by atoms with Crippen molar-refractivity contribution in [2.45, 2.75) is 12.8 Å². The number of carbonyl (C=O) groups excluding carboxylic acids is 1. The van der Waals surface area contributed by atoms with Crippen molar-refractivity contribution in [3.05, 3.63) is 34.3 Å². The van der Waals surface area contributed by atoms with Crippen molar-refractivity contribution in [3.63, 3.8) is 0 Å². The first-order valence-electron chi connectivity index (χ1n) is 4.31. The number of benzene rings is 1. The lowest BCUT2D eigenvalue weighted by Crippen LogP contribution is -2.34. The summed E-state index contributed by atoms with van der Waals surface area (Å²) >= 11 is 3.17. The maximum absolute atomic E-state index is 12.5. The molecule has 15 heavy (non-hydrogen) atoms. The van der Waals surface area contributed by atoms with E-state index in [4.69, 9.17) is 0 Å². The summed E-state index contributed by atoms with van der Waals surface area (Å²) in [5, 5.41) is 2.16. The molecule has 0 heterocycles. The summed E-state index contributed by atoms with van der Waals surface area (Å²) < 4.78 is 25.5. The number of amides is 1. The Labute approximate surface area is 94.8 Å². The zero-order chi connectivity index (χ0) is 11.5. The first kappa shape index (κ1) is 12.1. The van der Waals surface area contributed by atoms with Crippen molar-refractivity contribution < 1.29 is 13.6 Å². The van der Waals surface area contributed by atoms with Gasteiger partial charge in [-0.3, -0.25) is 4.79 Å². The second-order valence-electron chi connectivity index (χ2n) is 3.23. The number of hydrogen-bond donors (Lipinski definition) is 1. The molecular weight excluding hydrogens is 268 g/mol. The van der Waals surface area contributed by atoms with Gasteiger partial charge in [-0.2, -0.15) is 0 Å². The van der Waals surface area contributed by atoms with Crippen LogP contribution < -0.4 is 5.32 Å². The summed E-state index contributed by atoms with van der Waals surface area (Å²) in [7, 11) is 0. The molecule has 0 bridgehead atoms. The third kappa shape index (κ3) is 3.95. The molecule has 0 fully saturated rings. The Hall–Kier alpha value is -0.970. The summed E-state index contributed by atoms with van der Waals surface area (Å²) in [5.74, 6) is -3.40. The van der Waals surface area contributed by atoms with Gasteiger partial charge >= 0.3 is 0 Å². The van der Waals surface area contributed by atoms with Gasteiger partial charge in [0.1, 0.15) is 0 Å². The van der Waals surface area contributed by atoms with E-state index in [0.717, 1.165) is 6.92 Å². The van der Waals surface area contributed by atoms with Gasteiger partial charge in [0.05, 0.1) is 12.1 Å². The predicted molar refractivity (Wildman–Crippen MR) is 57.1 cm³/mol. The highest BCUT2D eigenvalue weighted by Crippen LogP contribution is 2.16. The zero-order valence-corrected chi connectivity index (χ0v) is 9.64. The molecule has 2 nitrogen and oxygen atoms in total. The molecule has 82 valence electrons. The van der Waals surface area contributed by atoms with Crippen molar-refractivity contribution >= 4 is 21.8 Å². The highest BCUT2D eigenvalue weighted by Gasteiger charge is 2.22. The molecule has 1 rings (SSSR count). The average molecular weight is 278 g/mol. The number of nitrogens with one attached hydrogen (secondary N) is 1. The van der Waals surface area contributed by atoms with Crippen LogP contribution in [-0.4, -0.2) is 18.4 Å². The van der Waals surface area contributed by atoms with E-state index in [1.165, 1.54) is 0 Å². The van der Waals surface area contributed by atoms with Crippen molar-refractivity contribution in [2.24, 2.45) is 0 Å². The first-order valence-corrected chi connectivity index (χ1v) is 5.10. The smallest absolute Gasteiger partial charge is 0.262 e. The second-order valence-corrected chi connectivity index (χ2v) is 4.09. The molecule has 1 N–H and O–H groups in total. The standard InChI is InChI=1S/C10H10BrF2NO/c1-10(12,13)6-14-9(15)7-4-2-3-5-8(7)11/h2-5H,6H2,1H3,(H,14,15). The van der Waals surface area contributed by atoms with Gasteiger partial charge in [-0.15, -0.1) is 0 Å². The van der Waals surface area contributed by atoms with E-state index in [0.29, 0.717) is 10.0 Å². The summed E-state index contributed by atoms with van der Waals surface area (Å²) in [6.07, 6.45) is 0. The van der Waals surface area contributed by atoms with Crippen LogP contribution in [0, 0.1) is 0 Å². The third-order valence-corrected chi connectivity index (χ3v) is 2.37. The number of carbonyl (C=O) groups is 1. The largest absolute Gasteiger partial charge is 0.346 e. The van der Waals surface area contributed by atoms with Crippen LogP contribution in [-0.2, 0) is 0 Å². The van der Waals surface area contributed by atoms with Crippen LogP contribution in [0.5, 0.6) is 0 Å². The topological polar surface area (TPSA) is 29.1 Å². The van der Waals surface area contributed by atoms with E-state index in [9.17, 15) is 13.6 Å². The van der Waals surface area contributed by atoms with Gasteiger partial charge in [0.15, 0.2) is 0 Å². The Balaban J connectivity index is 2.66. The Kier molecular flexibility index (Phi) is 3.79. The van der Waals surface area contributed by atoms with Gasteiger partial charge in [0, 0.05) is 11.4 Å². The molecule has 1 aromatic carbocycles. The fourth-order valence-electron chi connectivity index (χ4n) is 0.976. The molecule has 0 aliphatic carbocycles. The second kappa shape index (κ2) is 4.70. The molecule has 0 saturated heterocycles. The highest BCUT2D eigenvalue weighted by molar-refractivity contribution is 9.10. The average Bonchev–Trinajstić information content (AvgIpc) is 2.14. The number of halogens is 3. The minimum Gasteiger partial charge on any atom is -0.346 e. The van der Waals surface area contributed by atoms with Crippen molar-refractivity contribution in [3.8, 4) is 0 Å². The van der Waals surface area contributed by atoms with Crippen LogP contribution in [0.2, 0.25) is 0 Å². The van der Waals surface area contributed by atoms with Crippen LogP contribution in [0.3, 0.4) is 0 Å². The van der Waals surface area contributed by atoms with Crippen LogP contribution in [0.15, 0.2) is 28.7 Å².